The van der Waals surface area contributed by atoms with Crippen molar-refractivity contribution in [2.45, 2.75) is 11.1 Å². The maximum absolute atomic E-state index is 12.3. The number of hydrogen-bond acceptors (Lipinski definition) is 5. The van der Waals surface area contributed by atoms with E-state index in [-0.39, 0.29) is 17.6 Å². The molecule has 1 aromatic heterocycles. The second kappa shape index (κ2) is 5.09. The molecule has 1 saturated heterocycles. The first-order chi connectivity index (χ1) is 8.16. The predicted octanol–water partition coefficient (Wildman–Crippen LogP) is -0.570. The summed E-state index contributed by atoms with van der Waals surface area (Å²) in [7, 11) is -3.56. The van der Waals surface area contributed by atoms with Crippen molar-refractivity contribution in [2.24, 2.45) is 5.73 Å². The SMILES string of the molecule is NCC1COCCN1S(=O)(=O)c1ccccn1. The monoisotopic (exact) mass is 257 g/mol. The highest BCUT2D eigenvalue weighted by Crippen LogP contribution is 2.18. The second-order valence-corrected chi connectivity index (χ2v) is 5.59. The highest BCUT2D eigenvalue weighted by Gasteiger charge is 2.33. The van der Waals surface area contributed by atoms with Crippen LogP contribution in [-0.2, 0) is 14.8 Å². The van der Waals surface area contributed by atoms with Crippen molar-refractivity contribution in [1.82, 2.24) is 9.29 Å². The Bertz CT molecular complexity index is 463. The van der Waals surface area contributed by atoms with Crippen LogP contribution in [0.1, 0.15) is 0 Å². The molecule has 1 unspecified atom stereocenters. The summed E-state index contributed by atoms with van der Waals surface area (Å²) in [6, 6.07) is 4.50. The van der Waals surface area contributed by atoms with E-state index in [1.54, 1.807) is 12.1 Å². The number of ether oxygens (including phenoxy) is 1. The molecule has 2 heterocycles. The zero-order valence-corrected chi connectivity index (χ0v) is 10.1. The zero-order chi connectivity index (χ0) is 12.3. The van der Waals surface area contributed by atoms with Gasteiger partial charge >= 0.3 is 0 Å². The van der Waals surface area contributed by atoms with Crippen molar-refractivity contribution < 1.29 is 13.2 Å². The second-order valence-electron chi connectivity index (χ2n) is 3.75. The van der Waals surface area contributed by atoms with Crippen LogP contribution in [0.4, 0.5) is 0 Å². The molecular weight excluding hydrogens is 242 g/mol. The lowest BCUT2D eigenvalue weighted by Gasteiger charge is -2.33. The highest BCUT2D eigenvalue weighted by molar-refractivity contribution is 7.89. The third-order valence-corrected chi connectivity index (χ3v) is 4.52. The quantitative estimate of drug-likeness (QED) is 0.783. The molecule has 17 heavy (non-hydrogen) atoms. The first kappa shape index (κ1) is 12.4. The van der Waals surface area contributed by atoms with Crippen molar-refractivity contribution in [3.63, 3.8) is 0 Å². The van der Waals surface area contributed by atoms with Gasteiger partial charge in [0.15, 0.2) is 5.03 Å². The molecule has 94 valence electrons. The minimum absolute atomic E-state index is 0.0559. The Morgan fingerprint density at radius 3 is 3.00 bits per heavy atom. The molecular formula is C10H15N3O3S. The van der Waals surface area contributed by atoms with Gasteiger partial charge < -0.3 is 10.5 Å². The van der Waals surface area contributed by atoms with Gasteiger partial charge in [-0.05, 0) is 12.1 Å². The van der Waals surface area contributed by atoms with Gasteiger partial charge in [0.05, 0.1) is 19.3 Å². The number of rotatable bonds is 3. The number of nitrogens with two attached hydrogens (primary N) is 1. The van der Waals surface area contributed by atoms with E-state index in [1.165, 1.54) is 16.6 Å². The van der Waals surface area contributed by atoms with Crippen LogP contribution in [0.5, 0.6) is 0 Å². The summed E-state index contributed by atoms with van der Waals surface area (Å²) in [6.07, 6.45) is 1.46. The molecule has 0 radical (unpaired) electrons. The Hall–Kier alpha value is -1.02. The lowest BCUT2D eigenvalue weighted by atomic mass is 10.3. The molecule has 1 aliphatic heterocycles. The van der Waals surface area contributed by atoms with E-state index in [1.807, 2.05) is 0 Å². The van der Waals surface area contributed by atoms with Crippen molar-refractivity contribution in [3.05, 3.63) is 24.4 Å². The van der Waals surface area contributed by atoms with Gasteiger partial charge in [-0.25, -0.2) is 13.4 Å². The van der Waals surface area contributed by atoms with E-state index in [4.69, 9.17) is 10.5 Å². The summed E-state index contributed by atoms with van der Waals surface area (Å²) in [5, 5.41) is 0.0559. The molecule has 0 aliphatic carbocycles. The van der Waals surface area contributed by atoms with Crippen molar-refractivity contribution in [2.75, 3.05) is 26.3 Å². The van der Waals surface area contributed by atoms with Gasteiger partial charge in [0.2, 0.25) is 0 Å². The average molecular weight is 257 g/mol. The molecule has 1 fully saturated rings. The highest BCUT2D eigenvalue weighted by atomic mass is 32.2. The van der Waals surface area contributed by atoms with Gasteiger partial charge in [0, 0.05) is 19.3 Å². The molecule has 2 rings (SSSR count). The lowest BCUT2D eigenvalue weighted by Crippen LogP contribution is -2.51. The number of nitrogens with zero attached hydrogens (tertiary/aromatic N) is 2. The first-order valence-electron chi connectivity index (χ1n) is 5.37. The fourth-order valence-corrected chi connectivity index (χ4v) is 3.30. The third-order valence-electron chi connectivity index (χ3n) is 2.66. The maximum Gasteiger partial charge on any atom is 0.260 e. The minimum Gasteiger partial charge on any atom is -0.378 e. The number of morpholine rings is 1. The Balaban J connectivity index is 2.31. The standard InChI is InChI=1S/C10H15N3O3S/c11-7-9-8-16-6-5-13(9)17(14,15)10-3-1-2-4-12-10/h1-4,9H,5-8,11H2. The van der Waals surface area contributed by atoms with Gasteiger partial charge in [-0.2, -0.15) is 4.31 Å². The summed E-state index contributed by atoms with van der Waals surface area (Å²) in [5.74, 6) is 0. The van der Waals surface area contributed by atoms with Gasteiger partial charge in [-0.15, -0.1) is 0 Å². The molecule has 1 aromatic rings. The average Bonchev–Trinajstić information content (AvgIpc) is 2.39. The molecule has 7 heteroatoms. The molecule has 0 spiro atoms. The molecule has 0 aromatic carbocycles. The summed E-state index contributed by atoms with van der Waals surface area (Å²) in [5.41, 5.74) is 5.56. The van der Waals surface area contributed by atoms with E-state index in [0.717, 1.165) is 0 Å². The normalized spacial score (nSPS) is 22.5. The molecule has 1 atom stereocenters. The van der Waals surface area contributed by atoms with Crippen LogP contribution in [0.3, 0.4) is 0 Å². The fraction of sp³-hybridized carbons (Fsp3) is 0.500. The minimum atomic E-state index is -3.56. The molecule has 0 saturated carbocycles. The van der Waals surface area contributed by atoms with E-state index < -0.39 is 10.0 Å². The van der Waals surface area contributed by atoms with Crippen LogP contribution in [-0.4, -0.2) is 50.1 Å². The van der Waals surface area contributed by atoms with Crippen molar-refractivity contribution in [3.8, 4) is 0 Å². The number of hydrogen-bond donors (Lipinski definition) is 1. The summed E-state index contributed by atoms with van der Waals surface area (Å²) >= 11 is 0. The lowest BCUT2D eigenvalue weighted by molar-refractivity contribution is 0.0357. The summed E-state index contributed by atoms with van der Waals surface area (Å²) in [4.78, 5) is 3.88. The van der Waals surface area contributed by atoms with Crippen molar-refractivity contribution in [1.29, 1.82) is 0 Å². The van der Waals surface area contributed by atoms with Crippen LogP contribution in [0.15, 0.2) is 29.4 Å². The maximum atomic E-state index is 12.3. The summed E-state index contributed by atoms with van der Waals surface area (Å²) < 4.78 is 31.2. The van der Waals surface area contributed by atoms with Gasteiger partial charge in [0.25, 0.3) is 10.0 Å². The van der Waals surface area contributed by atoms with Crippen LogP contribution in [0.2, 0.25) is 0 Å². The Kier molecular flexibility index (Phi) is 3.72. The molecule has 6 nitrogen and oxygen atoms in total. The molecule has 2 N–H and O–H groups in total. The van der Waals surface area contributed by atoms with Crippen LogP contribution < -0.4 is 5.73 Å². The van der Waals surface area contributed by atoms with Gasteiger partial charge in [-0.1, -0.05) is 6.07 Å². The molecule has 0 amide bonds. The zero-order valence-electron chi connectivity index (χ0n) is 9.32. The van der Waals surface area contributed by atoms with E-state index >= 15 is 0 Å². The smallest absolute Gasteiger partial charge is 0.260 e. The van der Waals surface area contributed by atoms with E-state index in [9.17, 15) is 8.42 Å². The largest absolute Gasteiger partial charge is 0.378 e. The van der Waals surface area contributed by atoms with E-state index in [0.29, 0.717) is 19.8 Å². The van der Waals surface area contributed by atoms with E-state index in [2.05, 4.69) is 4.98 Å². The third kappa shape index (κ3) is 2.47. The number of sulfonamides is 1. The Morgan fingerprint density at radius 1 is 1.53 bits per heavy atom. The van der Waals surface area contributed by atoms with Gasteiger partial charge in [-0.3, -0.25) is 0 Å². The number of aromatic nitrogens is 1. The molecule has 1 aliphatic rings. The topological polar surface area (TPSA) is 85.5 Å². The number of pyridine rings is 1. The van der Waals surface area contributed by atoms with Crippen molar-refractivity contribution >= 4 is 10.0 Å². The van der Waals surface area contributed by atoms with Crippen LogP contribution in [0, 0.1) is 0 Å². The van der Waals surface area contributed by atoms with Gasteiger partial charge in [0.1, 0.15) is 0 Å². The Morgan fingerprint density at radius 2 is 2.35 bits per heavy atom. The Labute approximate surface area is 100 Å². The van der Waals surface area contributed by atoms with Crippen LogP contribution >= 0.6 is 0 Å². The predicted molar refractivity (Wildman–Crippen MR) is 61.8 cm³/mol. The molecule has 0 bridgehead atoms. The first-order valence-corrected chi connectivity index (χ1v) is 6.81. The van der Waals surface area contributed by atoms with Crippen LogP contribution in [0.25, 0.3) is 0 Å². The summed E-state index contributed by atoms with van der Waals surface area (Å²) in [6.45, 7) is 1.29. The fourth-order valence-electron chi connectivity index (χ4n) is 1.76.